The van der Waals surface area contributed by atoms with E-state index in [-0.39, 0.29) is 36.9 Å². The predicted molar refractivity (Wildman–Crippen MR) is 242 cm³/mol. The minimum Gasteiger partial charge on any atom is -0.448 e. The van der Waals surface area contributed by atoms with Crippen LogP contribution in [0.25, 0.3) is 22.0 Å². The Morgan fingerprint density at radius 3 is 2.18 bits per heavy atom. The minimum atomic E-state index is -5.25. The summed E-state index contributed by atoms with van der Waals surface area (Å²) in [6.07, 6.45) is -12.7. The standard InChI is InChI=1S/C43H38ClF10N7O10S3/c1-40(2,72(3,64)65)11-10-24-6-7-25(26-8-9-29(44)33-35(26)60(20-41(47,48)49)58-38(33)61(73(4,66)67)39(63)71-12-5-13-74(68,69)70)34(55-24)30(16-21-14-22(45)17-23(46)15-21)56-31(62)19-59-37-32(36(57-59)43(52,53)54)27-18-28(27)42(37,50)51/h6-9,14-15,17,27-28,30H,5,12-13,16,18-20H2,1-4H3,(H,56,62)(H,68,69,70)/t27-,28+,30-/m0/s1. The van der Waals surface area contributed by atoms with Crippen molar-refractivity contribution in [1.82, 2.24) is 29.9 Å². The number of sulfonamides is 1. The summed E-state index contributed by atoms with van der Waals surface area (Å²) in [6.45, 7) is -1.84. The van der Waals surface area contributed by atoms with Crippen LogP contribution < -0.4 is 9.62 Å². The smallest absolute Gasteiger partial charge is 0.435 e. The molecule has 0 saturated heterocycles. The number of sulfone groups is 1. The van der Waals surface area contributed by atoms with E-state index in [1.54, 1.807) is 0 Å². The van der Waals surface area contributed by atoms with E-state index in [0.717, 1.165) is 42.7 Å². The van der Waals surface area contributed by atoms with E-state index >= 15 is 8.78 Å². The molecule has 2 N–H and O–H groups in total. The van der Waals surface area contributed by atoms with Crippen molar-refractivity contribution >= 4 is 70.3 Å². The van der Waals surface area contributed by atoms with Gasteiger partial charge in [-0.25, -0.2) is 35.4 Å². The number of anilines is 1. The van der Waals surface area contributed by atoms with Gasteiger partial charge in [0.2, 0.25) is 15.9 Å². The maximum Gasteiger partial charge on any atom is 0.435 e. The first-order chi connectivity index (χ1) is 33.9. The van der Waals surface area contributed by atoms with Gasteiger partial charge in [-0.15, -0.1) is 0 Å². The average molecular weight is 1130 g/mol. The number of amides is 2. The number of hydrogen-bond acceptors (Lipinski definition) is 12. The molecule has 7 rings (SSSR count). The highest BCUT2D eigenvalue weighted by Gasteiger charge is 2.68. The van der Waals surface area contributed by atoms with Gasteiger partial charge in [0, 0.05) is 34.9 Å². The minimum absolute atomic E-state index is 0.162. The van der Waals surface area contributed by atoms with E-state index in [9.17, 15) is 70.0 Å². The second-order valence-corrected chi connectivity index (χ2v) is 24.2. The number of nitrogens with zero attached hydrogens (tertiary/aromatic N) is 6. The number of pyridine rings is 1. The second-order valence-electron chi connectivity index (χ2n) is 17.8. The molecule has 0 radical (unpaired) electrons. The van der Waals surface area contributed by atoms with E-state index in [4.69, 9.17) is 20.9 Å². The molecule has 31 heteroatoms. The molecule has 0 bridgehead atoms. The highest BCUT2D eigenvalue weighted by Crippen LogP contribution is 2.68. The van der Waals surface area contributed by atoms with Crippen molar-refractivity contribution in [2.45, 2.75) is 81.2 Å². The second kappa shape index (κ2) is 19.3. The van der Waals surface area contributed by atoms with Crippen LogP contribution in [0, 0.1) is 29.4 Å². The van der Waals surface area contributed by atoms with Crippen LogP contribution in [-0.4, -0.2) is 102 Å². The molecule has 0 aliphatic heterocycles. The predicted octanol–water partition coefficient (Wildman–Crippen LogP) is 7.47. The van der Waals surface area contributed by atoms with Gasteiger partial charge >= 0.3 is 18.4 Å². The largest absolute Gasteiger partial charge is 0.448 e. The van der Waals surface area contributed by atoms with Crippen LogP contribution in [0.4, 0.5) is 54.5 Å². The van der Waals surface area contributed by atoms with Crippen molar-refractivity contribution in [3.8, 4) is 23.0 Å². The molecule has 2 aliphatic rings. The van der Waals surface area contributed by atoms with Gasteiger partial charge in [0.1, 0.15) is 40.9 Å². The van der Waals surface area contributed by atoms with Gasteiger partial charge in [0.25, 0.3) is 16.0 Å². The first kappa shape index (κ1) is 55.7. The summed E-state index contributed by atoms with van der Waals surface area (Å²) < 4.78 is 233. The fraction of sp³-hybridized carbons (Fsp3) is 0.419. The van der Waals surface area contributed by atoms with E-state index in [1.807, 2.05) is 0 Å². The van der Waals surface area contributed by atoms with Gasteiger partial charge in [-0.2, -0.15) is 58.0 Å². The molecule has 5 aromatic rings. The molecule has 2 aromatic carbocycles. The third-order valence-electron chi connectivity index (χ3n) is 11.8. The van der Waals surface area contributed by atoms with Crippen molar-refractivity contribution < 1.29 is 88.0 Å². The highest BCUT2D eigenvalue weighted by molar-refractivity contribution is 7.93. The zero-order valence-electron chi connectivity index (χ0n) is 38.4. The summed E-state index contributed by atoms with van der Waals surface area (Å²) in [4.78, 5) is 32.1. The molecule has 0 unspecified atom stereocenters. The Kier molecular flexibility index (Phi) is 14.5. The van der Waals surface area contributed by atoms with Gasteiger partial charge in [-0.3, -0.25) is 18.7 Å². The zero-order chi connectivity index (χ0) is 55.1. The number of ether oxygens (including phenoxy) is 1. The third-order valence-corrected chi connectivity index (χ3v) is 15.8. The van der Waals surface area contributed by atoms with Crippen LogP contribution >= 0.6 is 11.6 Å². The maximum absolute atomic E-state index is 15.6. The van der Waals surface area contributed by atoms with E-state index < -0.39 is 183 Å². The third kappa shape index (κ3) is 11.7. The number of carbonyl (C=O) groups excluding carboxylic acids is 2. The Labute approximate surface area is 418 Å². The summed E-state index contributed by atoms with van der Waals surface area (Å²) in [5.74, 6) is -7.39. The van der Waals surface area contributed by atoms with E-state index in [0.29, 0.717) is 12.3 Å². The maximum atomic E-state index is 15.6. The average Bonchev–Trinajstić information content (AvgIpc) is 3.75. The normalized spacial score (nSPS) is 17.0. The van der Waals surface area contributed by atoms with Crippen molar-refractivity contribution in [2.75, 3.05) is 29.2 Å². The Bertz CT molecular complexity index is 3520. The van der Waals surface area contributed by atoms with E-state index in [1.165, 1.54) is 13.8 Å². The number of benzene rings is 2. The first-order valence-corrected chi connectivity index (χ1v) is 27.0. The molecule has 1 fully saturated rings. The molecule has 74 heavy (non-hydrogen) atoms. The van der Waals surface area contributed by atoms with Gasteiger partial charge in [0.15, 0.2) is 21.3 Å². The lowest BCUT2D eigenvalue weighted by Gasteiger charge is -2.23. The fourth-order valence-electron chi connectivity index (χ4n) is 8.24. The fourth-order valence-corrected chi connectivity index (χ4v) is 9.96. The van der Waals surface area contributed by atoms with Crippen molar-refractivity contribution in [1.29, 1.82) is 0 Å². The Hall–Kier alpha value is -6.03. The van der Waals surface area contributed by atoms with E-state index in [2.05, 4.69) is 32.3 Å². The van der Waals surface area contributed by atoms with Gasteiger partial charge in [0.05, 0.1) is 46.3 Å². The molecular weight excluding hydrogens is 1100 g/mol. The molecule has 1 saturated carbocycles. The van der Waals surface area contributed by atoms with Crippen molar-refractivity contribution in [2.24, 2.45) is 5.92 Å². The summed E-state index contributed by atoms with van der Waals surface area (Å²) in [6, 6.07) is 4.38. The monoisotopic (exact) mass is 1130 g/mol. The van der Waals surface area contributed by atoms with Crippen molar-refractivity contribution in [3.63, 3.8) is 0 Å². The number of hydrogen-bond donors (Lipinski definition) is 2. The van der Waals surface area contributed by atoms with Crippen LogP contribution in [0.5, 0.6) is 0 Å². The molecular formula is C43H38ClF10N7O10S3. The summed E-state index contributed by atoms with van der Waals surface area (Å²) in [5.41, 5.74) is -6.35. The van der Waals surface area contributed by atoms with Crippen LogP contribution in [0.15, 0.2) is 42.5 Å². The van der Waals surface area contributed by atoms with Crippen LogP contribution in [0.2, 0.25) is 5.02 Å². The molecule has 3 atom stereocenters. The number of halogens is 11. The number of nitrogens with one attached hydrogen (secondary N) is 1. The lowest BCUT2D eigenvalue weighted by molar-refractivity contribution is -0.143. The van der Waals surface area contributed by atoms with Crippen molar-refractivity contribution in [3.05, 3.63) is 93.0 Å². The quantitative estimate of drug-likeness (QED) is 0.0449. The lowest BCUT2D eigenvalue weighted by Crippen LogP contribution is -2.37. The number of rotatable bonds is 15. The summed E-state index contributed by atoms with van der Waals surface area (Å²) >= 11 is 6.57. The van der Waals surface area contributed by atoms with Crippen LogP contribution in [0.1, 0.15) is 72.6 Å². The lowest BCUT2D eigenvalue weighted by atomic mass is 9.93. The number of fused-ring (bicyclic) bond motifs is 4. The van der Waals surface area contributed by atoms with Crippen LogP contribution in [-0.2, 0) is 71.1 Å². The van der Waals surface area contributed by atoms with Gasteiger partial charge in [-0.1, -0.05) is 23.6 Å². The number of carbonyl (C=O) groups is 2. The molecule has 400 valence electrons. The van der Waals surface area contributed by atoms with Gasteiger partial charge < -0.3 is 10.1 Å². The van der Waals surface area contributed by atoms with Crippen LogP contribution in [0.3, 0.4) is 0 Å². The molecule has 3 aromatic heterocycles. The SMILES string of the molecule is CC(C)(C#Cc1ccc(-c2ccc(Cl)c3c(N(C(=O)OCCCS(=O)(=O)O)S(C)(=O)=O)nn(CC(F)(F)F)c23)c([C@H](Cc2cc(F)cc(F)c2)NC(=O)Cn2nc(C(F)(F)F)c3c2C(F)(F)[C@@H]2C[C@H]32)n1)S(C)(=O)=O. The molecule has 17 nitrogen and oxygen atoms in total. The summed E-state index contributed by atoms with van der Waals surface area (Å²) in [7, 11) is -13.5. The number of alkyl halides is 8. The topological polar surface area (TPSA) is 230 Å². The Morgan fingerprint density at radius 2 is 1.59 bits per heavy atom. The molecule has 0 spiro atoms. The Morgan fingerprint density at radius 1 is 0.959 bits per heavy atom. The highest BCUT2D eigenvalue weighted by atomic mass is 35.5. The first-order valence-electron chi connectivity index (χ1n) is 21.3. The molecule has 2 amide bonds. The summed E-state index contributed by atoms with van der Waals surface area (Å²) in [5, 5.41) is 8.27. The molecule has 2 aliphatic carbocycles. The zero-order valence-corrected chi connectivity index (χ0v) is 41.6. The molecule has 3 heterocycles. The van der Waals surface area contributed by atoms with Gasteiger partial charge in [-0.05, 0) is 80.8 Å². The Balaban J connectivity index is 1.46. The number of aromatic nitrogens is 5.